The van der Waals surface area contributed by atoms with Crippen LogP contribution in [-0.4, -0.2) is 39.5 Å². The Morgan fingerprint density at radius 3 is 2.56 bits per heavy atom. The van der Waals surface area contributed by atoms with Crippen LogP contribution in [0, 0.1) is 13.8 Å². The van der Waals surface area contributed by atoms with Gasteiger partial charge in [0, 0.05) is 34.8 Å². The summed E-state index contributed by atoms with van der Waals surface area (Å²) >= 11 is 0. The molecule has 2 aromatic carbocycles. The van der Waals surface area contributed by atoms with E-state index in [9.17, 15) is 14.4 Å². The van der Waals surface area contributed by atoms with Crippen molar-refractivity contribution in [1.29, 1.82) is 0 Å². The molecule has 1 aliphatic rings. The molecule has 0 saturated heterocycles. The second-order valence-electron chi connectivity index (χ2n) is 8.36. The molecule has 0 amide bonds. The summed E-state index contributed by atoms with van der Waals surface area (Å²) in [7, 11) is 0. The Labute approximate surface area is 206 Å². The second-order valence-corrected chi connectivity index (χ2v) is 8.36. The minimum absolute atomic E-state index is 0.0517. The molecular formula is C27H23N3O6. The van der Waals surface area contributed by atoms with E-state index in [2.05, 4.69) is 5.10 Å². The Hall–Kier alpha value is -4.66. The predicted molar refractivity (Wildman–Crippen MR) is 130 cm³/mol. The Balaban J connectivity index is 1.29. The largest absolute Gasteiger partial charge is 0.454 e. The molecule has 0 bridgehead atoms. The van der Waals surface area contributed by atoms with Crippen molar-refractivity contribution in [3.05, 3.63) is 105 Å². The summed E-state index contributed by atoms with van der Waals surface area (Å²) in [6, 6.07) is 19.2. The standard InChI is InChI=1S/C27H23N3O6/c1-17-12-21(18(2)30(17)20-8-10-24-25(13-20)36-16-35-24)23(31)15-34-27(33)22-9-11-26(32)29(28-22)14-19-6-4-3-5-7-19/h3-13H,14-16H2,1-2H3. The maximum atomic E-state index is 12.9. The number of nitrogens with zero attached hydrogens (tertiary/aromatic N) is 3. The molecule has 5 rings (SSSR count). The van der Waals surface area contributed by atoms with Crippen molar-refractivity contribution in [2.45, 2.75) is 20.4 Å². The summed E-state index contributed by atoms with van der Waals surface area (Å²) in [6.45, 7) is 3.65. The number of esters is 1. The lowest BCUT2D eigenvalue weighted by atomic mass is 10.1. The maximum Gasteiger partial charge on any atom is 0.359 e. The molecule has 2 aromatic heterocycles. The van der Waals surface area contributed by atoms with Crippen molar-refractivity contribution in [2.75, 3.05) is 13.4 Å². The fourth-order valence-electron chi connectivity index (χ4n) is 4.18. The summed E-state index contributed by atoms with van der Waals surface area (Å²) in [5.41, 5.74) is 3.30. The molecule has 9 heteroatoms. The van der Waals surface area contributed by atoms with Crippen molar-refractivity contribution < 1.29 is 23.8 Å². The van der Waals surface area contributed by atoms with Gasteiger partial charge in [0.2, 0.25) is 12.6 Å². The van der Waals surface area contributed by atoms with E-state index >= 15 is 0 Å². The maximum absolute atomic E-state index is 12.9. The lowest BCUT2D eigenvalue weighted by Crippen LogP contribution is -2.26. The number of Topliss-reactive ketones (excluding diaryl/α,β-unsaturated/α-hetero) is 1. The molecule has 0 radical (unpaired) electrons. The quantitative estimate of drug-likeness (QED) is 0.292. The zero-order valence-corrected chi connectivity index (χ0v) is 19.8. The van der Waals surface area contributed by atoms with Gasteiger partial charge in [0.25, 0.3) is 5.56 Å². The van der Waals surface area contributed by atoms with E-state index in [4.69, 9.17) is 14.2 Å². The van der Waals surface area contributed by atoms with Crippen molar-refractivity contribution in [3.63, 3.8) is 0 Å². The molecule has 0 saturated carbocycles. The summed E-state index contributed by atoms with van der Waals surface area (Å²) < 4.78 is 19.2. The number of hydrogen-bond acceptors (Lipinski definition) is 7. The molecule has 0 atom stereocenters. The minimum Gasteiger partial charge on any atom is -0.454 e. The highest BCUT2D eigenvalue weighted by Crippen LogP contribution is 2.35. The van der Waals surface area contributed by atoms with Crippen LogP contribution in [0.3, 0.4) is 0 Å². The van der Waals surface area contributed by atoms with E-state index in [1.165, 1.54) is 16.8 Å². The summed E-state index contributed by atoms with van der Waals surface area (Å²) in [5, 5.41) is 4.11. The lowest BCUT2D eigenvalue weighted by Gasteiger charge is -2.11. The smallest absolute Gasteiger partial charge is 0.359 e. The van der Waals surface area contributed by atoms with E-state index in [1.54, 1.807) is 6.07 Å². The monoisotopic (exact) mass is 485 g/mol. The third kappa shape index (κ3) is 4.50. The molecule has 0 unspecified atom stereocenters. The number of carbonyl (C=O) groups excluding carboxylic acids is 2. The molecule has 0 fully saturated rings. The van der Waals surface area contributed by atoms with Gasteiger partial charge in [0.05, 0.1) is 6.54 Å². The Morgan fingerprint density at radius 1 is 0.972 bits per heavy atom. The van der Waals surface area contributed by atoms with E-state index in [0.717, 1.165) is 16.9 Å². The first-order chi connectivity index (χ1) is 17.4. The molecule has 1 aliphatic heterocycles. The van der Waals surface area contributed by atoms with Gasteiger partial charge in [-0.05, 0) is 43.7 Å². The van der Waals surface area contributed by atoms with Crippen LogP contribution >= 0.6 is 0 Å². The number of aryl methyl sites for hydroxylation is 1. The number of ketones is 1. The molecule has 3 heterocycles. The molecule has 0 spiro atoms. The minimum atomic E-state index is -0.783. The zero-order chi connectivity index (χ0) is 25.2. The van der Waals surface area contributed by atoms with Crippen LogP contribution in [0.5, 0.6) is 11.5 Å². The van der Waals surface area contributed by atoms with Gasteiger partial charge in [-0.2, -0.15) is 5.10 Å². The molecule has 182 valence electrons. The number of ether oxygens (including phenoxy) is 3. The van der Waals surface area contributed by atoms with Crippen LogP contribution in [0.2, 0.25) is 0 Å². The predicted octanol–water partition coefficient (Wildman–Crippen LogP) is 3.47. The SMILES string of the molecule is Cc1cc(C(=O)COC(=O)c2ccc(=O)n(Cc3ccccc3)n2)c(C)n1-c1ccc2c(c1)OCO2. The number of carbonyl (C=O) groups is 2. The third-order valence-electron chi connectivity index (χ3n) is 5.93. The van der Waals surface area contributed by atoms with Gasteiger partial charge < -0.3 is 18.8 Å². The zero-order valence-electron chi connectivity index (χ0n) is 19.8. The highest BCUT2D eigenvalue weighted by atomic mass is 16.7. The van der Waals surface area contributed by atoms with E-state index in [0.29, 0.717) is 22.8 Å². The molecule has 4 aromatic rings. The van der Waals surface area contributed by atoms with Crippen LogP contribution < -0.4 is 15.0 Å². The van der Waals surface area contributed by atoms with Crippen LogP contribution in [0.4, 0.5) is 0 Å². The number of fused-ring (bicyclic) bond motifs is 1. The first kappa shape index (κ1) is 23.1. The fraction of sp³-hybridized carbons (Fsp3) is 0.185. The highest BCUT2D eigenvalue weighted by Gasteiger charge is 2.21. The normalized spacial score (nSPS) is 11.9. The van der Waals surface area contributed by atoms with Crippen molar-refractivity contribution in [3.8, 4) is 17.2 Å². The molecular weight excluding hydrogens is 462 g/mol. The van der Waals surface area contributed by atoms with Gasteiger partial charge in [-0.1, -0.05) is 30.3 Å². The molecule has 36 heavy (non-hydrogen) atoms. The van der Waals surface area contributed by atoms with E-state index in [-0.39, 0.29) is 30.4 Å². The van der Waals surface area contributed by atoms with Crippen LogP contribution in [0.25, 0.3) is 5.69 Å². The first-order valence-electron chi connectivity index (χ1n) is 11.3. The van der Waals surface area contributed by atoms with Crippen molar-refractivity contribution in [1.82, 2.24) is 14.3 Å². The topological polar surface area (TPSA) is 102 Å². The fourth-order valence-corrected chi connectivity index (χ4v) is 4.18. The van der Waals surface area contributed by atoms with Crippen LogP contribution in [0.15, 0.2) is 71.5 Å². The number of hydrogen-bond donors (Lipinski definition) is 0. The van der Waals surface area contributed by atoms with Gasteiger partial charge >= 0.3 is 5.97 Å². The van der Waals surface area contributed by atoms with Crippen LogP contribution in [-0.2, 0) is 11.3 Å². The summed E-state index contributed by atoms with van der Waals surface area (Å²) in [4.78, 5) is 37.7. The molecule has 9 nitrogen and oxygen atoms in total. The van der Waals surface area contributed by atoms with Gasteiger partial charge in [-0.15, -0.1) is 0 Å². The average molecular weight is 485 g/mol. The number of rotatable bonds is 7. The Kier molecular flexibility index (Phi) is 6.12. The second kappa shape index (κ2) is 9.53. The van der Waals surface area contributed by atoms with Gasteiger partial charge in [0.15, 0.2) is 23.8 Å². The Bertz CT molecular complexity index is 1520. The van der Waals surface area contributed by atoms with E-state index < -0.39 is 12.6 Å². The van der Waals surface area contributed by atoms with Crippen molar-refractivity contribution in [2.24, 2.45) is 0 Å². The van der Waals surface area contributed by atoms with Crippen LogP contribution in [0.1, 0.15) is 37.8 Å². The van der Waals surface area contributed by atoms with Gasteiger partial charge in [-0.25, -0.2) is 9.48 Å². The highest BCUT2D eigenvalue weighted by molar-refractivity contribution is 6.00. The van der Waals surface area contributed by atoms with Crippen molar-refractivity contribution >= 4 is 11.8 Å². The average Bonchev–Trinajstić information content (AvgIpc) is 3.47. The third-order valence-corrected chi connectivity index (χ3v) is 5.93. The number of benzene rings is 2. The van der Waals surface area contributed by atoms with E-state index in [1.807, 2.05) is 66.9 Å². The molecule has 0 aliphatic carbocycles. The summed E-state index contributed by atoms with van der Waals surface area (Å²) in [6.07, 6.45) is 0. The first-order valence-corrected chi connectivity index (χ1v) is 11.3. The Morgan fingerprint density at radius 2 is 1.75 bits per heavy atom. The lowest BCUT2D eigenvalue weighted by molar-refractivity contribution is 0.0466. The summed E-state index contributed by atoms with van der Waals surface area (Å²) in [5.74, 6) is 0.187. The van der Waals surface area contributed by atoms with Gasteiger partial charge in [0.1, 0.15) is 0 Å². The van der Waals surface area contributed by atoms with Gasteiger partial charge in [-0.3, -0.25) is 9.59 Å². The molecule has 0 N–H and O–H groups in total. The number of aromatic nitrogens is 3.